The largest absolute Gasteiger partial charge is 0.452 e. The number of benzene rings is 1. The quantitative estimate of drug-likeness (QED) is 0.656. The lowest BCUT2D eigenvalue weighted by Crippen LogP contribution is -2.49. The molecule has 1 aromatic rings. The van der Waals surface area contributed by atoms with Crippen molar-refractivity contribution in [3.8, 4) is 0 Å². The van der Waals surface area contributed by atoms with Crippen LogP contribution in [0.4, 0.5) is 9.18 Å². The Morgan fingerprint density at radius 1 is 1.17 bits per heavy atom. The summed E-state index contributed by atoms with van der Waals surface area (Å²) in [5.74, 6) is -1.87. The molecule has 0 atom stereocenters. The van der Waals surface area contributed by atoms with Crippen molar-refractivity contribution >= 4 is 24.0 Å². The highest BCUT2D eigenvalue weighted by atomic mass is 19.1. The summed E-state index contributed by atoms with van der Waals surface area (Å²) < 4.78 is 17.4. The van der Waals surface area contributed by atoms with E-state index in [-0.39, 0.29) is 5.82 Å². The van der Waals surface area contributed by atoms with Crippen LogP contribution in [-0.4, -0.2) is 30.1 Å². The van der Waals surface area contributed by atoms with Gasteiger partial charge in [-0.1, -0.05) is 12.1 Å². The Kier molecular flexibility index (Phi) is 6.44. The number of amides is 3. The molecule has 0 saturated carbocycles. The zero-order chi connectivity index (χ0) is 17.5. The zero-order valence-corrected chi connectivity index (χ0v) is 13.2. The summed E-state index contributed by atoms with van der Waals surface area (Å²) >= 11 is 0. The SMILES string of the molecule is CC(C)(C)NC(=O)NC(=O)COC(=O)/C=C/c1ccc(F)cc1. The van der Waals surface area contributed by atoms with Gasteiger partial charge in [-0.3, -0.25) is 10.1 Å². The van der Waals surface area contributed by atoms with Crippen molar-refractivity contribution in [3.63, 3.8) is 0 Å². The van der Waals surface area contributed by atoms with Gasteiger partial charge in [0, 0.05) is 11.6 Å². The van der Waals surface area contributed by atoms with Crippen LogP contribution in [-0.2, 0) is 14.3 Å². The third kappa shape index (κ3) is 8.35. The lowest BCUT2D eigenvalue weighted by atomic mass is 10.1. The molecule has 0 aliphatic rings. The second-order valence-corrected chi connectivity index (χ2v) is 5.74. The average molecular weight is 322 g/mol. The first-order valence-electron chi connectivity index (χ1n) is 6.88. The first kappa shape index (κ1) is 18.3. The van der Waals surface area contributed by atoms with E-state index in [4.69, 9.17) is 0 Å². The molecule has 1 rings (SSSR count). The summed E-state index contributed by atoms with van der Waals surface area (Å²) in [7, 11) is 0. The average Bonchev–Trinajstić information content (AvgIpc) is 2.42. The number of carbonyl (C=O) groups is 3. The normalized spacial score (nSPS) is 11.1. The van der Waals surface area contributed by atoms with E-state index < -0.39 is 30.1 Å². The first-order chi connectivity index (χ1) is 10.7. The fraction of sp³-hybridized carbons (Fsp3) is 0.312. The van der Waals surface area contributed by atoms with E-state index in [9.17, 15) is 18.8 Å². The van der Waals surface area contributed by atoms with Gasteiger partial charge in [-0.15, -0.1) is 0 Å². The minimum absolute atomic E-state index is 0.380. The van der Waals surface area contributed by atoms with Crippen LogP contribution in [0.2, 0.25) is 0 Å². The number of halogens is 1. The van der Waals surface area contributed by atoms with Gasteiger partial charge in [0.15, 0.2) is 6.61 Å². The Labute approximate surface area is 133 Å². The van der Waals surface area contributed by atoms with E-state index in [1.165, 1.54) is 30.3 Å². The minimum atomic E-state index is -0.749. The summed E-state index contributed by atoms with van der Waals surface area (Å²) in [4.78, 5) is 34.3. The minimum Gasteiger partial charge on any atom is -0.452 e. The summed E-state index contributed by atoms with van der Waals surface area (Å²) in [5, 5.41) is 4.57. The Bertz CT molecular complexity index is 604. The first-order valence-corrected chi connectivity index (χ1v) is 6.88. The van der Waals surface area contributed by atoms with Crippen LogP contribution < -0.4 is 10.6 Å². The third-order valence-electron chi connectivity index (χ3n) is 2.37. The molecule has 0 fully saturated rings. The molecule has 0 radical (unpaired) electrons. The smallest absolute Gasteiger partial charge is 0.331 e. The molecule has 3 amide bonds. The number of urea groups is 1. The van der Waals surface area contributed by atoms with E-state index in [1.807, 2.05) is 5.32 Å². The summed E-state index contributed by atoms with van der Waals surface area (Å²) in [5.41, 5.74) is 0.121. The number of hydrogen-bond donors (Lipinski definition) is 2. The predicted octanol–water partition coefficient (Wildman–Crippen LogP) is 2.01. The van der Waals surface area contributed by atoms with Crippen LogP contribution in [0.15, 0.2) is 30.3 Å². The van der Waals surface area contributed by atoms with Crippen LogP contribution in [0, 0.1) is 5.82 Å². The summed E-state index contributed by atoms with van der Waals surface area (Å²) in [6.45, 7) is 4.70. The standard InChI is InChI=1S/C16H19FN2O4/c1-16(2,3)19-15(22)18-13(20)10-23-14(21)9-6-11-4-7-12(17)8-5-11/h4-9H,10H2,1-3H3,(H2,18,19,20,22)/b9-6+. The van der Waals surface area contributed by atoms with Gasteiger partial charge < -0.3 is 10.1 Å². The number of nitrogens with one attached hydrogen (secondary N) is 2. The van der Waals surface area contributed by atoms with Crippen LogP contribution in [0.1, 0.15) is 26.3 Å². The second-order valence-electron chi connectivity index (χ2n) is 5.74. The van der Waals surface area contributed by atoms with Gasteiger partial charge in [0.05, 0.1) is 0 Å². The molecule has 0 unspecified atom stereocenters. The molecule has 0 spiro atoms. The molecule has 2 N–H and O–H groups in total. The number of ether oxygens (including phenoxy) is 1. The van der Waals surface area contributed by atoms with E-state index in [1.54, 1.807) is 20.8 Å². The number of carbonyl (C=O) groups excluding carboxylic acids is 3. The Morgan fingerprint density at radius 3 is 2.35 bits per heavy atom. The fourth-order valence-corrected chi connectivity index (χ4v) is 1.46. The highest BCUT2D eigenvalue weighted by Gasteiger charge is 2.16. The number of imide groups is 1. The van der Waals surface area contributed by atoms with Crippen molar-refractivity contribution in [2.45, 2.75) is 26.3 Å². The molecule has 7 heteroatoms. The molecule has 0 bridgehead atoms. The molecule has 0 aromatic heterocycles. The highest BCUT2D eigenvalue weighted by molar-refractivity contribution is 5.96. The van der Waals surface area contributed by atoms with Crippen LogP contribution in [0.3, 0.4) is 0 Å². The maximum Gasteiger partial charge on any atom is 0.331 e. The molecular formula is C16H19FN2O4. The third-order valence-corrected chi connectivity index (χ3v) is 2.37. The Hall–Kier alpha value is -2.70. The predicted molar refractivity (Wildman–Crippen MR) is 82.8 cm³/mol. The molecule has 6 nitrogen and oxygen atoms in total. The summed E-state index contributed by atoms with van der Waals surface area (Å²) in [6.07, 6.45) is 2.53. The molecular weight excluding hydrogens is 303 g/mol. The Morgan fingerprint density at radius 2 is 1.78 bits per heavy atom. The zero-order valence-electron chi connectivity index (χ0n) is 13.2. The molecule has 0 aliphatic heterocycles. The van der Waals surface area contributed by atoms with Gasteiger partial charge in [-0.05, 0) is 44.5 Å². The van der Waals surface area contributed by atoms with Crippen molar-refractivity contribution in [1.82, 2.24) is 10.6 Å². The van der Waals surface area contributed by atoms with Crippen molar-refractivity contribution in [2.75, 3.05) is 6.61 Å². The lowest BCUT2D eigenvalue weighted by molar-refractivity contribution is -0.143. The maximum absolute atomic E-state index is 12.7. The monoisotopic (exact) mass is 322 g/mol. The van der Waals surface area contributed by atoms with E-state index >= 15 is 0 Å². The number of hydrogen-bond acceptors (Lipinski definition) is 4. The molecule has 0 saturated heterocycles. The van der Waals surface area contributed by atoms with Gasteiger partial charge in [-0.2, -0.15) is 0 Å². The van der Waals surface area contributed by atoms with E-state index in [2.05, 4.69) is 10.1 Å². The van der Waals surface area contributed by atoms with Crippen LogP contribution >= 0.6 is 0 Å². The highest BCUT2D eigenvalue weighted by Crippen LogP contribution is 2.04. The van der Waals surface area contributed by atoms with Crippen LogP contribution in [0.25, 0.3) is 6.08 Å². The molecule has 23 heavy (non-hydrogen) atoms. The van der Waals surface area contributed by atoms with Gasteiger partial charge in [0.25, 0.3) is 5.91 Å². The van der Waals surface area contributed by atoms with Crippen molar-refractivity contribution in [1.29, 1.82) is 0 Å². The van der Waals surface area contributed by atoms with E-state index in [0.717, 1.165) is 6.08 Å². The van der Waals surface area contributed by atoms with Crippen molar-refractivity contribution in [2.24, 2.45) is 0 Å². The van der Waals surface area contributed by atoms with Crippen molar-refractivity contribution < 1.29 is 23.5 Å². The lowest BCUT2D eigenvalue weighted by Gasteiger charge is -2.20. The van der Waals surface area contributed by atoms with Gasteiger partial charge in [0.2, 0.25) is 0 Å². The topological polar surface area (TPSA) is 84.5 Å². The molecule has 0 heterocycles. The molecule has 0 aliphatic carbocycles. The second kappa shape index (κ2) is 8.07. The molecule has 1 aromatic carbocycles. The van der Waals surface area contributed by atoms with Gasteiger partial charge in [0.1, 0.15) is 5.82 Å². The van der Waals surface area contributed by atoms with Gasteiger partial charge >= 0.3 is 12.0 Å². The molecule has 124 valence electrons. The van der Waals surface area contributed by atoms with Crippen molar-refractivity contribution in [3.05, 3.63) is 41.7 Å². The number of esters is 1. The Balaban J connectivity index is 2.36. The van der Waals surface area contributed by atoms with Gasteiger partial charge in [-0.25, -0.2) is 14.0 Å². The van der Waals surface area contributed by atoms with Crippen LogP contribution in [0.5, 0.6) is 0 Å². The fourth-order valence-electron chi connectivity index (χ4n) is 1.46. The maximum atomic E-state index is 12.7. The number of rotatable bonds is 4. The van der Waals surface area contributed by atoms with E-state index in [0.29, 0.717) is 5.56 Å². The summed E-state index contributed by atoms with van der Waals surface area (Å²) in [6, 6.07) is 4.82.